The first-order valence-electron chi connectivity index (χ1n) is 12.3. The average molecular weight is 500 g/mol. The predicted octanol–water partition coefficient (Wildman–Crippen LogP) is 3.30. The van der Waals surface area contributed by atoms with Crippen molar-refractivity contribution in [3.63, 3.8) is 0 Å². The van der Waals surface area contributed by atoms with E-state index in [1.165, 1.54) is 40.0 Å². The third kappa shape index (κ3) is 5.27. The van der Waals surface area contributed by atoms with Crippen LogP contribution in [0.2, 0.25) is 0 Å². The van der Waals surface area contributed by atoms with Crippen LogP contribution in [0.4, 0.5) is 5.69 Å². The molecular formula is C26H33N3O5S. The van der Waals surface area contributed by atoms with Gasteiger partial charge in [-0.2, -0.15) is 0 Å². The summed E-state index contributed by atoms with van der Waals surface area (Å²) in [6.07, 6.45) is 5.78. The maximum absolute atomic E-state index is 12.2. The Morgan fingerprint density at radius 2 is 2.03 bits per heavy atom. The fourth-order valence-electron chi connectivity index (χ4n) is 4.99. The highest BCUT2D eigenvalue weighted by Crippen LogP contribution is 2.35. The van der Waals surface area contributed by atoms with Gasteiger partial charge in [0.15, 0.2) is 0 Å². The SMILES string of the molecule is CS(=O)(=O)N1CCCOc2ccc([C@@H](O)CNCCOc3ccc4c5c([nH]c4c3)CCCC5)cc21. The van der Waals surface area contributed by atoms with Crippen molar-refractivity contribution in [3.8, 4) is 11.5 Å². The molecule has 0 unspecified atom stereocenters. The van der Waals surface area contributed by atoms with E-state index < -0.39 is 16.1 Å². The summed E-state index contributed by atoms with van der Waals surface area (Å²) in [5.41, 5.74) is 5.07. The number of aromatic nitrogens is 1. The zero-order valence-electron chi connectivity index (χ0n) is 20.0. The lowest BCUT2D eigenvalue weighted by atomic mass is 9.96. The summed E-state index contributed by atoms with van der Waals surface area (Å²) < 4.78 is 37.5. The third-order valence-electron chi connectivity index (χ3n) is 6.75. The summed E-state index contributed by atoms with van der Waals surface area (Å²) in [4.78, 5) is 3.55. The molecule has 9 heteroatoms. The molecule has 1 aromatic heterocycles. The minimum atomic E-state index is -3.43. The number of benzene rings is 2. The number of aliphatic hydroxyl groups excluding tert-OH is 1. The number of nitrogens with one attached hydrogen (secondary N) is 2. The van der Waals surface area contributed by atoms with Crippen molar-refractivity contribution in [1.82, 2.24) is 10.3 Å². The summed E-state index contributed by atoms with van der Waals surface area (Å²) in [5, 5.41) is 15.2. The van der Waals surface area contributed by atoms with E-state index in [1.54, 1.807) is 18.2 Å². The smallest absolute Gasteiger partial charge is 0.232 e. The van der Waals surface area contributed by atoms with Gasteiger partial charge in [-0.25, -0.2) is 8.42 Å². The van der Waals surface area contributed by atoms with Crippen LogP contribution in [-0.2, 0) is 22.9 Å². The zero-order valence-corrected chi connectivity index (χ0v) is 20.9. The van der Waals surface area contributed by atoms with Crippen LogP contribution in [0.15, 0.2) is 36.4 Å². The van der Waals surface area contributed by atoms with E-state index in [0.29, 0.717) is 56.3 Å². The molecule has 35 heavy (non-hydrogen) atoms. The molecule has 0 saturated carbocycles. The maximum atomic E-state index is 12.2. The van der Waals surface area contributed by atoms with Crippen LogP contribution >= 0.6 is 0 Å². The van der Waals surface area contributed by atoms with Crippen LogP contribution in [0.5, 0.6) is 11.5 Å². The minimum Gasteiger partial charge on any atom is -0.492 e. The lowest BCUT2D eigenvalue weighted by Crippen LogP contribution is -2.30. The zero-order chi connectivity index (χ0) is 24.4. The van der Waals surface area contributed by atoms with Crippen molar-refractivity contribution in [1.29, 1.82) is 0 Å². The van der Waals surface area contributed by atoms with Gasteiger partial charge in [0.2, 0.25) is 10.0 Å². The van der Waals surface area contributed by atoms with Gasteiger partial charge in [-0.05, 0) is 61.1 Å². The largest absolute Gasteiger partial charge is 0.492 e. The molecule has 8 nitrogen and oxygen atoms in total. The Hall–Kier alpha value is -2.75. The number of hydrogen-bond acceptors (Lipinski definition) is 6. The Bertz CT molecular complexity index is 1300. The molecule has 5 rings (SSSR count). The lowest BCUT2D eigenvalue weighted by molar-refractivity contribution is 0.172. The number of nitrogens with zero attached hydrogens (tertiary/aromatic N) is 1. The Kier molecular flexibility index (Phi) is 6.91. The third-order valence-corrected chi connectivity index (χ3v) is 7.93. The second kappa shape index (κ2) is 10.1. The van der Waals surface area contributed by atoms with Gasteiger partial charge in [0.1, 0.15) is 18.1 Å². The van der Waals surface area contributed by atoms with E-state index in [-0.39, 0.29) is 0 Å². The van der Waals surface area contributed by atoms with E-state index in [4.69, 9.17) is 9.47 Å². The second-order valence-corrected chi connectivity index (χ2v) is 11.2. The molecule has 0 amide bonds. The second-order valence-electron chi connectivity index (χ2n) is 9.33. The number of aromatic amines is 1. The Labute approximate surface area is 206 Å². The number of hydrogen-bond donors (Lipinski definition) is 3. The topological polar surface area (TPSA) is 104 Å². The number of ether oxygens (including phenoxy) is 2. The van der Waals surface area contributed by atoms with E-state index in [2.05, 4.69) is 22.4 Å². The molecule has 0 spiro atoms. The monoisotopic (exact) mass is 499 g/mol. The summed E-state index contributed by atoms with van der Waals surface area (Å²) in [6.45, 7) is 2.18. The Balaban J connectivity index is 1.15. The molecule has 0 saturated heterocycles. The Morgan fingerprint density at radius 1 is 1.17 bits per heavy atom. The molecule has 2 aromatic carbocycles. The molecule has 0 bridgehead atoms. The first kappa shape index (κ1) is 24.0. The first-order chi connectivity index (χ1) is 16.9. The van der Waals surface area contributed by atoms with Crippen molar-refractivity contribution in [3.05, 3.63) is 53.2 Å². The van der Waals surface area contributed by atoms with Crippen LogP contribution in [-0.4, -0.2) is 57.6 Å². The quantitative estimate of drug-likeness (QED) is 0.411. The van der Waals surface area contributed by atoms with Crippen LogP contribution in [0, 0.1) is 0 Å². The van der Waals surface area contributed by atoms with Gasteiger partial charge in [-0.1, -0.05) is 6.07 Å². The fraction of sp³-hybridized carbons (Fsp3) is 0.462. The van der Waals surface area contributed by atoms with Crippen LogP contribution in [0.3, 0.4) is 0 Å². The highest BCUT2D eigenvalue weighted by molar-refractivity contribution is 7.92. The molecular weight excluding hydrogens is 466 g/mol. The van der Waals surface area contributed by atoms with E-state index in [0.717, 1.165) is 24.1 Å². The molecule has 188 valence electrons. The number of fused-ring (bicyclic) bond motifs is 4. The molecule has 0 fully saturated rings. The van der Waals surface area contributed by atoms with Gasteiger partial charge < -0.3 is 24.9 Å². The summed E-state index contributed by atoms with van der Waals surface area (Å²) in [5.74, 6) is 1.34. The molecule has 3 aromatic rings. The minimum absolute atomic E-state index is 0.324. The lowest BCUT2D eigenvalue weighted by Gasteiger charge is -2.23. The van der Waals surface area contributed by atoms with E-state index in [9.17, 15) is 13.5 Å². The molecule has 1 aliphatic carbocycles. The molecule has 2 aliphatic rings. The van der Waals surface area contributed by atoms with Gasteiger partial charge in [-0.15, -0.1) is 0 Å². The molecule has 2 heterocycles. The summed E-state index contributed by atoms with van der Waals surface area (Å²) >= 11 is 0. The first-order valence-corrected chi connectivity index (χ1v) is 14.1. The molecule has 1 aliphatic heterocycles. The predicted molar refractivity (Wildman–Crippen MR) is 137 cm³/mol. The van der Waals surface area contributed by atoms with Gasteiger partial charge in [-0.3, -0.25) is 4.31 Å². The number of anilines is 1. The number of H-pyrrole nitrogens is 1. The molecule has 3 N–H and O–H groups in total. The van der Waals surface area contributed by atoms with Crippen molar-refractivity contribution in [2.24, 2.45) is 0 Å². The van der Waals surface area contributed by atoms with Crippen LogP contribution < -0.4 is 19.1 Å². The van der Waals surface area contributed by atoms with Crippen molar-refractivity contribution < 1.29 is 23.0 Å². The number of aryl methyl sites for hydroxylation is 2. The van der Waals surface area contributed by atoms with Crippen LogP contribution in [0.1, 0.15) is 42.2 Å². The van der Waals surface area contributed by atoms with Gasteiger partial charge in [0.25, 0.3) is 0 Å². The highest BCUT2D eigenvalue weighted by atomic mass is 32.2. The molecule has 0 radical (unpaired) electrons. The van der Waals surface area contributed by atoms with Crippen molar-refractivity contribution >= 4 is 26.6 Å². The normalized spacial score (nSPS) is 16.8. The highest BCUT2D eigenvalue weighted by Gasteiger charge is 2.25. The van der Waals surface area contributed by atoms with Gasteiger partial charge >= 0.3 is 0 Å². The molecule has 1 atom stereocenters. The van der Waals surface area contributed by atoms with Crippen molar-refractivity contribution in [2.45, 2.75) is 38.2 Å². The Morgan fingerprint density at radius 3 is 2.89 bits per heavy atom. The fourth-order valence-corrected chi connectivity index (χ4v) is 5.96. The number of rotatable bonds is 8. The number of aliphatic hydroxyl groups is 1. The number of sulfonamides is 1. The standard InChI is InChI=1S/C26H33N3O5S/c1-35(31,32)29-12-4-13-34-26-10-7-18(15-24(26)29)25(30)17-27-11-14-33-19-8-9-21-20-5-2-3-6-22(20)28-23(21)16-19/h7-10,15-16,25,27-28,30H,2-6,11-14,17H2,1H3/t25-/m0/s1. The van der Waals surface area contributed by atoms with Gasteiger partial charge in [0, 0.05) is 48.7 Å². The summed E-state index contributed by atoms with van der Waals surface area (Å²) in [7, 11) is -3.43. The average Bonchev–Trinajstić information content (AvgIpc) is 3.05. The van der Waals surface area contributed by atoms with Gasteiger partial charge in [0.05, 0.1) is 24.7 Å². The maximum Gasteiger partial charge on any atom is 0.232 e. The van der Waals surface area contributed by atoms with Crippen molar-refractivity contribution in [2.75, 3.05) is 43.4 Å². The summed E-state index contributed by atoms with van der Waals surface area (Å²) in [6, 6.07) is 11.4. The van der Waals surface area contributed by atoms with Crippen LogP contribution in [0.25, 0.3) is 10.9 Å². The van der Waals surface area contributed by atoms with E-state index in [1.807, 2.05) is 6.07 Å². The van der Waals surface area contributed by atoms with E-state index >= 15 is 0 Å².